The number of hydrogen-bond donors (Lipinski definition) is 3. The molecule has 0 aliphatic heterocycles. The summed E-state index contributed by atoms with van der Waals surface area (Å²) in [6.45, 7) is 9.09. The fourth-order valence-corrected chi connectivity index (χ4v) is 4.16. The molecule has 0 aromatic heterocycles. The lowest BCUT2D eigenvalue weighted by Gasteiger charge is -2.35. The van der Waals surface area contributed by atoms with Gasteiger partial charge >= 0.3 is 0 Å². The van der Waals surface area contributed by atoms with Crippen LogP contribution >= 0.6 is 0 Å². The number of aromatic hydroxyl groups is 2. The maximum atomic E-state index is 12.5. The van der Waals surface area contributed by atoms with E-state index in [1.165, 1.54) is 34.9 Å². The summed E-state index contributed by atoms with van der Waals surface area (Å²) in [6, 6.07) is 11.5. The molecule has 0 saturated carbocycles. The van der Waals surface area contributed by atoms with Crippen molar-refractivity contribution in [1.82, 2.24) is 0 Å². The van der Waals surface area contributed by atoms with Crippen LogP contribution in [0.3, 0.4) is 0 Å². The first-order valence-corrected chi connectivity index (χ1v) is 10.1. The van der Waals surface area contributed by atoms with E-state index in [0.717, 1.165) is 24.8 Å². The number of carbonyl (C=O) groups excluding carboxylic acids is 1. The van der Waals surface area contributed by atoms with Crippen LogP contribution in [0.1, 0.15) is 62.9 Å². The Morgan fingerprint density at radius 2 is 1.83 bits per heavy atom. The maximum Gasteiger partial charge on any atom is 0.255 e. The number of rotatable bonds is 4. The SMILES string of the molecule is CCC1=C(C)/C(=C/c2ccc(C(=O)Nc3ccc(O)cc3O)cc2)CCC1(C)C. The summed E-state index contributed by atoms with van der Waals surface area (Å²) >= 11 is 0. The molecule has 0 heterocycles. The second kappa shape index (κ2) is 8.16. The number of allylic oxidation sites excluding steroid dienone is 3. The van der Waals surface area contributed by atoms with Crippen molar-refractivity contribution in [3.05, 3.63) is 70.3 Å². The smallest absolute Gasteiger partial charge is 0.255 e. The van der Waals surface area contributed by atoms with E-state index in [1.54, 1.807) is 12.1 Å². The van der Waals surface area contributed by atoms with Crippen molar-refractivity contribution < 1.29 is 15.0 Å². The topological polar surface area (TPSA) is 69.6 Å². The number of benzene rings is 2. The highest BCUT2D eigenvalue weighted by atomic mass is 16.3. The normalized spacial score (nSPS) is 17.4. The van der Waals surface area contributed by atoms with Crippen molar-refractivity contribution in [2.45, 2.75) is 47.0 Å². The minimum absolute atomic E-state index is 0.0560. The third kappa shape index (κ3) is 4.53. The van der Waals surface area contributed by atoms with Crippen molar-refractivity contribution in [3.8, 4) is 11.5 Å². The summed E-state index contributed by atoms with van der Waals surface area (Å²) < 4.78 is 0. The zero-order valence-electron chi connectivity index (χ0n) is 17.5. The molecule has 0 saturated heterocycles. The van der Waals surface area contributed by atoms with Crippen LogP contribution in [-0.2, 0) is 0 Å². The van der Waals surface area contributed by atoms with Gasteiger partial charge in [-0.1, -0.05) is 44.6 Å². The third-order valence-corrected chi connectivity index (χ3v) is 5.87. The Labute approximate surface area is 172 Å². The molecule has 0 atom stereocenters. The highest BCUT2D eigenvalue weighted by Crippen LogP contribution is 2.44. The maximum absolute atomic E-state index is 12.5. The summed E-state index contributed by atoms with van der Waals surface area (Å²) in [7, 11) is 0. The molecular formula is C25H29NO3. The number of amides is 1. The molecule has 29 heavy (non-hydrogen) atoms. The van der Waals surface area contributed by atoms with E-state index < -0.39 is 0 Å². The lowest BCUT2D eigenvalue weighted by molar-refractivity contribution is 0.102. The van der Waals surface area contributed by atoms with Crippen LogP contribution in [0, 0.1) is 5.41 Å². The van der Waals surface area contributed by atoms with Crippen molar-refractivity contribution in [2.75, 3.05) is 5.32 Å². The van der Waals surface area contributed by atoms with Gasteiger partial charge in [-0.25, -0.2) is 0 Å². The van der Waals surface area contributed by atoms with Crippen molar-refractivity contribution in [2.24, 2.45) is 5.41 Å². The van der Waals surface area contributed by atoms with E-state index in [1.807, 2.05) is 12.1 Å². The Balaban J connectivity index is 1.78. The first kappa shape index (κ1) is 20.7. The van der Waals surface area contributed by atoms with Gasteiger partial charge in [0.2, 0.25) is 0 Å². The molecule has 2 aromatic carbocycles. The van der Waals surface area contributed by atoms with Gasteiger partial charge in [0, 0.05) is 11.6 Å². The number of phenols is 2. The molecule has 0 radical (unpaired) electrons. The van der Waals surface area contributed by atoms with Crippen LogP contribution in [0.25, 0.3) is 6.08 Å². The molecule has 4 heteroatoms. The second-order valence-electron chi connectivity index (χ2n) is 8.29. The predicted octanol–water partition coefficient (Wildman–Crippen LogP) is 6.28. The van der Waals surface area contributed by atoms with E-state index in [0.29, 0.717) is 5.56 Å². The summed E-state index contributed by atoms with van der Waals surface area (Å²) in [5.41, 5.74) is 6.39. The minimum atomic E-state index is -0.311. The molecule has 152 valence electrons. The third-order valence-electron chi connectivity index (χ3n) is 5.87. The Bertz CT molecular complexity index is 982. The molecule has 2 aromatic rings. The standard InChI is InChI=1S/C25H29NO3/c1-5-21-16(2)19(12-13-25(21,3)4)14-17-6-8-18(9-7-17)24(29)26-22-11-10-20(27)15-23(22)28/h6-11,14-15,27-28H,5,12-13H2,1-4H3,(H,26,29)/b19-14+. The summed E-state index contributed by atoms with van der Waals surface area (Å²) in [4.78, 5) is 12.5. The van der Waals surface area contributed by atoms with Crippen LogP contribution in [0.2, 0.25) is 0 Å². The lowest BCUT2D eigenvalue weighted by Crippen LogP contribution is -2.21. The highest BCUT2D eigenvalue weighted by Gasteiger charge is 2.29. The minimum Gasteiger partial charge on any atom is -0.508 e. The van der Waals surface area contributed by atoms with Crippen LogP contribution in [-0.4, -0.2) is 16.1 Å². The Hall–Kier alpha value is -3.01. The zero-order chi connectivity index (χ0) is 21.2. The molecule has 0 spiro atoms. The molecule has 0 unspecified atom stereocenters. The Morgan fingerprint density at radius 3 is 2.45 bits per heavy atom. The van der Waals surface area contributed by atoms with Gasteiger partial charge in [0.1, 0.15) is 11.5 Å². The number of phenolic OH excluding ortho intramolecular Hbond substituents is 2. The predicted molar refractivity (Wildman–Crippen MR) is 118 cm³/mol. The molecule has 0 fully saturated rings. The highest BCUT2D eigenvalue weighted by molar-refractivity contribution is 6.05. The fourth-order valence-electron chi connectivity index (χ4n) is 4.16. The molecule has 1 aliphatic rings. The van der Waals surface area contributed by atoms with Crippen LogP contribution in [0.15, 0.2) is 59.2 Å². The molecule has 4 nitrogen and oxygen atoms in total. The molecule has 3 rings (SSSR count). The van der Waals surface area contributed by atoms with Gasteiger partial charge in [0.25, 0.3) is 5.91 Å². The number of nitrogens with one attached hydrogen (secondary N) is 1. The molecular weight excluding hydrogens is 362 g/mol. The Kier molecular flexibility index (Phi) is 5.83. The fraction of sp³-hybridized carbons (Fsp3) is 0.320. The second-order valence-corrected chi connectivity index (χ2v) is 8.29. The van der Waals surface area contributed by atoms with Crippen molar-refractivity contribution >= 4 is 17.7 Å². The number of hydrogen-bond acceptors (Lipinski definition) is 3. The van der Waals surface area contributed by atoms with Gasteiger partial charge in [0.05, 0.1) is 5.69 Å². The van der Waals surface area contributed by atoms with Crippen LogP contribution in [0.5, 0.6) is 11.5 Å². The first-order valence-electron chi connectivity index (χ1n) is 10.1. The zero-order valence-corrected chi connectivity index (χ0v) is 17.5. The first-order chi connectivity index (χ1) is 13.7. The van der Waals surface area contributed by atoms with E-state index in [-0.39, 0.29) is 28.5 Å². The lowest BCUT2D eigenvalue weighted by atomic mass is 9.70. The average Bonchev–Trinajstić information content (AvgIpc) is 2.67. The van der Waals surface area contributed by atoms with Gasteiger partial charge in [-0.05, 0) is 72.6 Å². The average molecular weight is 392 g/mol. The van der Waals surface area contributed by atoms with Crippen molar-refractivity contribution in [1.29, 1.82) is 0 Å². The van der Waals surface area contributed by atoms with E-state index in [2.05, 4.69) is 39.1 Å². The van der Waals surface area contributed by atoms with E-state index in [9.17, 15) is 15.0 Å². The number of carbonyl (C=O) groups is 1. The molecule has 1 amide bonds. The van der Waals surface area contributed by atoms with Crippen LogP contribution in [0.4, 0.5) is 5.69 Å². The summed E-state index contributed by atoms with van der Waals surface area (Å²) in [5, 5.41) is 21.8. The monoisotopic (exact) mass is 391 g/mol. The quantitative estimate of drug-likeness (QED) is 0.424. The van der Waals surface area contributed by atoms with Gasteiger partial charge < -0.3 is 15.5 Å². The van der Waals surface area contributed by atoms with Gasteiger partial charge in [-0.15, -0.1) is 0 Å². The van der Waals surface area contributed by atoms with E-state index in [4.69, 9.17) is 0 Å². The molecule has 1 aliphatic carbocycles. The van der Waals surface area contributed by atoms with Gasteiger partial charge in [0.15, 0.2) is 0 Å². The summed E-state index contributed by atoms with van der Waals surface area (Å²) in [6.07, 6.45) is 5.49. The summed E-state index contributed by atoms with van der Waals surface area (Å²) in [5.74, 6) is -0.539. The van der Waals surface area contributed by atoms with E-state index >= 15 is 0 Å². The molecule has 3 N–H and O–H groups in total. The molecule has 0 bridgehead atoms. The van der Waals surface area contributed by atoms with Gasteiger partial charge in [-0.2, -0.15) is 0 Å². The Morgan fingerprint density at radius 1 is 1.14 bits per heavy atom. The van der Waals surface area contributed by atoms with Crippen LogP contribution < -0.4 is 5.32 Å². The number of anilines is 1. The largest absolute Gasteiger partial charge is 0.508 e. The van der Waals surface area contributed by atoms with Gasteiger partial charge in [-0.3, -0.25) is 4.79 Å². The van der Waals surface area contributed by atoms with Crippen molar-refractivity contribution in [3.63, 3.8) is 0 Å².